The summed E-state index contributed by atoms with van der Waals surface area (Å²) in [7, 11) is 0. The fourth-order valence-electron chi connectivity index (χ4n) is 5.11. The van der Waals surface area contributed by atoms with E-state index in [-0.39, 0.29) is 23.9 Å². The Hall–Kier alpha value is -2.63. The lowest BCUT2D eigenvalue weighted by Crippen LogP contribution is -2.49. The molecule has 0 bridgehead atoms. The van der Waals surface area contributed by atoms with Gasteiger partial charge in [-0.05, 0) is 60.5 Å². The molecule has 164 valence electrons. The van der Waals surface area contributed by atoms with Crippen LogP contribution >= 0.6 is 22.9 Å². The first kappa shape index (κ1) is 21.2. The Balaban J connectivity index is 1.62. The van der Waals surface area contributed by atoms with Crippen LogP contribution in [0, 0.1) is 6.92 Å². The maximum Gasteiger partial charge on any atom is 0.254 e. The fourth-order valence-corrected chi connectivity index (χ4v) is 6.25. The van der Waals surface area contributed by atoms with Crippen molar-refractivity contribution < 1.29 is 9.59 Å². The van der Waals surface area contributed by atoms with Crippen LogP contribution in [0.25, 0.3) is 0 Å². The van der Waals surface area contributed by atoms with Crippen molar-refractivity contribution in [2.75, 3.05) is 5.32 Å². The zero-order chi connectivity index (χ0) is 22.2. The molecule has 4 nitrogen and oxygen atoms in total. The zero-order valence-electron chi connectivity index (χ0n) is 17.9. The first-order valence-corrected chi connectivity index (χ1v) is 12.3. The molecule has 2 amide bonds. The van der Waals surface area contributed by atoms with Gasteiger partial charge < -0.3 is 10.2 Å². The maximum absolute atomic E-state index is 13.8. The van der Waals surface area contributed by atoms with Crippen molar-refractivity contribution in [2.45, 2.75) is 50.6 Å². The SMILES string of the molecule is Cc1ccc(NC(=O)[C@H]2c3ccccc3C(=O)N(C3CCCC3)[C@H]2c2cccs2)c(Cl)c1. The molecule has 32 heavy (non-hydrogen) atoms. The number of nitrogens with zero attached hydrogens (tertiary/aromatic N) is 1. The second-order valence-electron chi connectivity index (χ2n) is 8.65. The lowest BCUT2D eigenvalue weighted by molar-refractivity contribution is -0.119. The molecule has 1 aromatic heterocycles. The summed E-state index contributed by atoms with van der Waals surface area (Å²) in [6.07, 6.45) is 4.19. The molecule has 0 radical (unpaired) electrons. The van der Waals surface area contributed by atoms with E-state index in [9.17, 15) is 9.59 Å². The van der Waals surface area contributed by atoms with E-state index < -0.39 is 5.92 Å². The van der Waals surface area contributed by atoms with Crippen LogP contribution in [-0.4, -0.2) is 22.8 Å². The number of halogens is 1. The molecule has 6 heteroatoms. The number of rotatable bonds is 4. The van der Waals surface area contributed by atoms with Crippen molar-refractivity contribution in [2.24, 2.45) is 0 Å². The zero-order valence-corrected chi connectivity index (χ0v) is 19.5. The van der Waals surface area contributed by atoms with E-state index in [4.69, 9.17) is 11.6 Å². The molecule has 1 saturated carbocycles. The lowest BCUT2D eigenvalue weighted by Gasteiger charge is -2.44. The van der Waals surface area contributed by atoms with Gasteiger partial charge in [-0.25, -0.2) is 0 Å². The van der Waals surface area contributed by atoms with Gasteiger partial charge in [0.15, 0.2) is 0 Å². The highest BCUT2D eigenvalue weighted by atomic mass is 35.5. The predicted octanol–water partition coefficient (Wildman–Crippen LogP) is 6.57. The largest absolute Gasteiger partial charge is 0.327 e. The standard InChI is InChI=1S/C26H25ClN2O2S/c1-16-12-13-21(20(27)15-16)28-25(30)23-18-9-4-5-10-19(18)26(31)29(17-7-2-3-8-17)24(23)22-11-6-14-32-22/h4-6,9-15,17,23-24H,2-3,7-8H2,1H3,(H,28,30)/t23-,24-/m0/s1. The summed E-state index contributed by atoms with van der Waals surface area (Å²) in [6, 6.07) is 17.0. The van der Waals surface area contributed by atoms with Gasteiger partial charge in [0.05, 0.1) is 22.7 Å². The molecule has 2 atom stereocenters. The first-order valence-electron chi connectivity index (χ1n) is 11.1. The third-order valence-electron chi connectivity index (χ3n) is 6.59. The van der Waals surface area contributed by atoms with E-state index in [2.05, 4.69) is 5.32 Å². The Kier molecular flexibility index (Phi) is 5.78. The molecule has 3 aromatic rings. The summed E-state index contributed by atoms with van der Waals surface area (Å²) in [6.45, 7) is 1.97. The molecule has 1 aliphatic carbocycles. The third-order valence-corrected chi connectivity index (χ3v) is 7.85. The average Bonchev–Trinajstić information content (AvgIpc) is 3.50. The van der Waals surface area contributed by atoms with Crippen molar-refractivity contribution in [3.8, 4) is 0 Å². The number of hydrogen-bond donors (Lipinski definition) is 1. The highest BCUT2D eigenvalue weighted by Crippen LogP contribution is 2.47. The van der Waals surface area contributed by atoms with E-state index in [1.165, 1.54) is 0 Å². The van der Waals surface area contributed by atoms with Gasteiger partial charge in [-0.3, -0.25) is 9.59 Å². The lowest BCUT2D eigenvalue weighted by atomic mass is 9.80. The highest BCUT2D eigenvalue weighted by molar-refractivity contribution is 7.10. The fraction of sp³-hybridized carbons (Fsp3) is 0.308. The minimum Gasteiger partial charge on any atom is -0.327 e. The summed E-state index contributed by atoms with van der Waals surface area (Å²) in [5.41, 5.74) is 3.03. The van der Waals surface area contributed by atoms with Gasteiger partial charge in [0.25, 0.3) is 5.91 Å². The third kappa shape index (κ3) is 3.74. The molecule has 2 heterocycles. The number of hydrogen-bond acceptors (Lipinski definition) is 3. The van der Waals surface area contributed by atoms with Crippen LogP contribution in [0.5, 0.6) is 0 Å². The topological polar surface area (TPSA) is 49.4 Å². The van der Waals surface area contributed by atoms with E-state index in [1.807, 2.05) is 71.8 Å². The number of fused-ring (bicyclic) bond motifs is 1. The molecule has 5 rings (SSSR count). The number of benzene rings is 2. The summed E-state index contributed by atoms with van der Waals surface area (Å²) in [5, 5.41) is 5.59. The van der Waals surface area contributed by atoms with Crippen molar-refractivity contribution in [3.63, 3.8) is 0 Å². The number of nitrogens with one attached hydrogen (secondary N) is 1. The van der Waals surface area contributed by atoms with E-state index in [0.717, 1.165) is 41.7 Å². The highest BCUT2D eigenvalue weighted by Gasteiger charge is 2.47. The second-order valence-corrected chi connectivity index (χ2v) is 10.0. The van der Waals surface area contributed by atoms with Crippen LogP contribution in [-0.2, 0) is 4.79 Å². The number of carbonyl (C=O) groups is 2. The van der Waals surface area contributed by atoms with Crippen LogP contribution in [0.15, 0.2) is 60.0 Å². The van der Waals surface area contributed by atoms with E-state index in [1.54, 1.807) is 11.3 Å². The van der Waals surface area contributed by atoms with Gasteiger partial charge in [0, 0.05) is 16.5 Å². The van der Waals surface area contributed by atoms with Crippen molar-refractivity contribution in [1.82, 2.24) is 4.90 Å². The molecular weight excluding hydrogens is 440 g/mol. The second kappa shape index (κ2) is 8.72. The van der Waals surface area contributed by atoms with Crippen LogP contribution in [0.4, 0.5) is 5.69 Å². The molecule has 1 aliphatic heterocycles. The molecule has 2 aliphatic rings. The van der Waals surface area contributed by atoms with Crippen LogP contribution in [0.2, 0.25) is 5.02 Å². The number of thiophene rings is 1. The van der Waals surface area contributed by atoms with Gasteiger partial charge in [-0.1, -0.05) is 54.8 Å². The van der Waals surface area contributed by atoms with E-state index >= 15 is 0 Å². The monoisotopic (exact) mass is 464 g/mol. The predicted molar refractivity (Wildman–Crippen MR) is 129 cm³/mol. The number of aryl methyl sites for hydroxylation is 1. The normalized spacial score (nSPS) is 20.9. The maximum atomic E-state index is 13.8. The Morgan fingerprint density at radius 3 is 2.59 bits per heavy atom. The summed E-state index contributed by atoms with van der Waals surface area (Å²) in [5.74, 6) is -0.624. The van der Waals surface area contributed by atoms with Crippen molar-refractivity contribution in [1.29, 1.82) is 0 Å². The Morgan fingerprint density at radius 2 is 1.88 bits per heavy atom. The smallest absolute Gasteiger partial charge is 0.254 e. The first-order chi connectivity index (χ1) is 15.5. The molecular formula is C26H25ClN2O2S. The van der Waals surface area contributed by atoms with Gasteiger partial charge in [0.2, 0.25) is 5.91 Å². The number of amides is 2. The Morgan fingerprint density at radius 1 is 1.09 bits per heavy atom. The molecule has 0 saturated heterocycles. The number of anilines is 1. The summed E-state index contributed by atoms with van der Waals surface area (Å²) in [4.78, 5) is 30.6. The van der Waals surface area contributed by atoms with Crippen LogP contribution < -0.4 is 5.32 Å². The number of carbonyl (C=O) groups excluding carboxylic acids is 2. The molecule has 1 N–H and O–H groups in total. The van der Waals surface area contributed by atoms with E-state index in [0.29, 0.717) is 16.3 Å². The van der Waals surface area contributed by atoms with Gasteiger partial charge in [-0.15, -0.1) is 11.3 Å². The van der Waals surface area contributed by atoms with Gasteiger partial charge in [0.1, 0.15) is 0 Å². The average molecular weight is 465 g/mol. The van der Waals surface area contributed by atoms with Gasteiger partial charge >= 0.3 is 0 Å². The molecule has 0 spiro atoms. The molecule has 1 fully saturated rings. The summed E-state index contributed by atoms with van der Waals surface area (Å²) < 4.78 is 0. The summed E-state index contributed by atoms with van der Waals surface area (Å²) >= 11 is 8.03. The Labute approximate surface area is 197 Å². The van der Waals surface area contributed by atoms with Gasteiger partial charge in [-0.2, -0.15) is 0 Å². The van der Waals surface area contributed by atoms with Crippen LogP contribution in [0.1, 0.15) is 64.0 Å². The minimum absolute atomic E-state index is 0.0309. The van der Waals surface area contributed by atoms with Crippen molar-refractivity contribution in [3.05, 3.63) is 86.6 Å². The molecule has 0 unspecified atom stereocenters. The van der Waals surface area contributed by atoms with Crippen molar-refractivity contribution >= 4 is 40.4 Å². The van der Waals surface area contributed by atoms with Crippen LogP contribution in [0.3, 0.4) is 0 Å². The minimum atomic E-state index is -0.513. The quantitative estimate of drug-likeness (QED) is 0.474. The Bertz CT molecular complexity index is 1150. The molecule has 2 aromatic carbocycles.